The first-order valence-corrected chi connectivity index (χ1v) is 17.7. The number of hydrogen-bond donors (Lipinski definition) is 0. The predicted molar refractivity (Wildman–Crippen MR) is 214 cm³/mol. The van der Waals surface area contributed by atoms with Crippen LogP contribution in [0.3, 0.4) is 0 Å². The number of fused-ring (bicyclic) bond motifs is 7. The van der Waals surface area contributed by atoms with Crippen LogP contribution >= 0.6 is 0 Å². The molecule has 1 aliphatic rings. The summed E-state index contributed by atoms with van der Waals surface area (Å²) in [5.41, 5.74) is 15.1. The molecule has 2 heteroatoms. The summed E-state index contributed by atoms with van der Waals surface area (Å²) in [5.74, 6) is 0. The smallest absolute Gasteiger partial charge is 0.136 e. The summed E-state index contributed by atoms with van der Waals surface area (Å²) in [6.45, 7) is 4.70. The molecule has 0 atom stereocenters. The SMILES string of the molecule is CC1(C)c2ccccc2-c2ccc(N(c3ccc(-c4ccccc4)cc3)c3ccccc3-c3c4ccccc4cc4oc5ccccc5c34)cc21. The predicted octanol–water partition coefficient (Wildman–Crippen LogP) is 13.8. The van der Waals surface area contributed by atoms with E-state index in [0.29, 0.717) is 0 Å². The van der Waals surface area contributed by atoms with Crippen LogP contribution in [0.15, 0.2) is 180 Å². The average molecular weight is 654 g/mol. The van der Waals surface area contributed by atoms with E-state index in [2.05, 4.69) is 189 Å². The molecule has 1 aliphatic carbocycles. The van der Waals surface area contributed by atoms with Crippen LogP contribution in [0.2, 0.25) is 0 Å². The van der Waals surface area contributed by atoms with Crippen molar-refractivity contribution >= 4 is 49.8 Å². The second-order valence-electron chi connectivity index (χ2n) is 14.1. The molecule has 0 fully saturated rings. The second kappa shape index (κ2) is 11.3. The second-order valence-corrected chi connectivity index (χ2v) is 14.1. The van der Waals surface area contributed by atoms with E-state index in [4.69, 9.17) is 4.42 Å². The van der Waals surface area contributed by atoms with Gasteiger partial charge in [0.15, 0.2) is 0 Å². The maximum absolute atomic E-state index is 6.54. The fourth-order valence-corrected chi connectivity index (χ4v) is 8.40. The van der Waals surface area contributed by atoms with Crippen LogP contribution in [0.1, 0.15) is 25.0 Å². The van der Waals surface area contributed by atoms with Gasteiger partial charge in [0.2, 0.25) is 0 Å². The molecule has 0 radical (unpaired) electrons. The average Bonchev–Trinajstić information content (AvgIpc) is 3.66. The van der Waals surface area contributed by atoms with Crippen LogP contribution in [0.5, 0.6) is 0 Å². The molecular weight excluding hydrogens is 619 g/mol. The first kappa shape index (κ1) is 29.5. The summed E-state index contributed by atoms with van der Waals surface area (Å²) >= 11 is 0. The molecule has 242 valence electrons. The number of furan rings is 1. The summed E-state index contributed by atoms with van der Waals surface area (Å²) < 4.78 is 6.54. The number of para-hydroxylation sites is 2. The number of rotatable bonds is 5. The van der Waals surface area contributed by atoms with E-state index in [-0.39, 0.29) is 5.41 Å². The number of nitrogens with zero attached hydrogens (tertiary/aromatic N) is 1. The normalized spacial score (nSPS) is 13.1. The third kappa shape index (κ3) is 4.57. The lowest BCUT2D eigenvalue weighted by Crippen LogP contribution is -2.16. The number of benzene rings is 8. The van der Waals surface area contributed by atoms with Crippen molar-refractivity contribution in [3.05, 3.63) is 187 Å². The lowest BCUT2D eigenvalue weighted by molar-refractivity contribution is 0.660. The minimum Gasteiger partial charge on any atom is -0.456 e. The third-order valence-electron chi connectivity index (χ3n) is 10.9. The topological polar surface area (TPSA) is 16.4 Å². The van der Waals surface area contributed by atoms with Crippen LogP contribution < -0.4 is 4.90 Å². The van der Waals surface area contributed by atoms with Crippen molar-refractivity contribution in [2.24, 2.45) is 0 Å². The van der Waals surface area contributed by atoms with Gasteiger partial charge in [0, 0.05) is 38.7 Å². The zero-order chi connectivity index (χ0) is 34.1. The molecule has 1 aromatic heterocycles. The van der Waals surface area contributed by atoms with E-state index >= 15 is 0 Å². The van der Waals surface area contributed by atoms with Crippen LogP contribution in [0.25, 0.3) is 66.1 Å². The van der Waals surface area contributed by atoms with Gasteiger partial charge in [-0.3, -0.25) is 0 Å². The monoisotopic (exact) mass is 653 g/mol. The van der Waals surface area contributed by atoms with Gasteiger partial charge in [-0.15, -0.1) is 0 Å². The van der Waals surface area contributed by atoms with E-state index < -0.39 is 0 Å². The number of hydrogen-bond acceptors (Lipinski definition) is 2. The molecule has 8 aromatic carbocycles. The quantitative estimate of drug-likeness (QED) is 0.184. The molecule has 9 aromatic rings. The zero-order valence-electron chi connectivity index (χ0n) is 28.6. The largest absolute Gasteiger partial charge is 0.456 e. The molecule has 0 amide bonds. The van der Waals surface area contributed by atoms with E-state index in [9.17, 15) is 0 Å². The van der Waals surface area contributed by atoms with Gasteiger partial charge in [0.25, 0.3) is 0 Å². The Morgan fingerprint density at radius 1 is 0.451 bits per heavy atom. The summed E-state index contributed by atoms with van der Waals surface area (Å²) in [5, 5.41) is 4.62. The van der Waals surface area contributed by atoms with Gasteiger partial charge in [-0.25, -0.2) is 0 Å². The molecule has 2 nitrogen and oxygen atoms in total. The van der Waals surface area contributed by atoms with Crippen molar-refractivity contribution in [3.63, 3.8) is 0 Å². The van der Waals surface area contributed by atoms with Gasteiger partial charge in [-0.1, -0.05) is 147 Å². The van der Waals surface area contributed by atoms with Crippen molar-refractivity contribution in [1.82, 2.24) is 0 Å². The Hall–Kier alpha value is -6.38. The Bertz CT molecular complexity index is 2770. The Balaban J connectivity index is 1.25. The molecular formula is C49H35NO. The molecule has 0 N–H and O–H groups in total. The van der Waals surface area contributed by atoms with E-state index in [1.807, 2.05) is 6.07 Å². The highest BCUT2D eigenvalue weighted by molar-refractivity contribution is 6.22. The first-order valence-electron chi connectivity index (χ1n) is 17.7. The molecule has 10 rings (SSSR count). The Kier molecular flexibility index (Phi) is 6.56. The van der Waals surface area contributed by atoms with Gasteiger partial charge in [-0.05, 0) is 86.6 Å². The Labute approximate surface area is 297 Å². The standard InChI is InChI=1S/C49H35NO/c1-49(2)42-21-11-8-18-38(42)39-29-28-36(31-43(39)49)50(35-26-24-33(25-27-35)32-14-4-3-5-15-32)44-22-12-9-19-40(44)47-37-17-7-6-16-34(37)30-46-48(47)41-20-10-13-23-45(41)51-46/h3-31H,1-2H3. The third-order valence-corrected chi connectivity index (χ3v) is 10.9. The van der Waals surface area contributed by atoms with Gasteiger partial charge in [0.1, 0.15) is 11.2 Å². The van der Waals surface area contributed by atoms with Crippen LogP contribution in [0, 0.1) is 0 Å². The molecule has 0 unspecified atom stereocenters. The van der Waals surface area contributed by atoms with Gasteiger partial charge in [-0.2, -0.15) is 0 Å². The molecule has 1 heterocycles. The van der Waals surface area contributed by atoms with Crippen LogP contribution in [-0.2, 0) is 5.41 Å². The van der Waals surface area contributed by atoms with Crippen LogP contribution in [0.4, 0.5) is 17.1 Å². The van der Waals surface area contributed by atoms with Crippen molar-refractivity contribution in [1.29, 1.82) is 0 Å². The van der Waals surface area contributed by atoms with Crippen LogP contribution in [-0.4, -0.2) is 0 Å². The summed E-state index contributed by atoms with van der Waals surface area (Å²) in [7, 11) is 0. The Morgan fingerprint density at radius 2 is 1.08 bits per heavy atom. The molecule has 0 saturated heterocycles. The minimum absolute atomic E-state index is 0.123. The van der Waals surface area contributed by atoms with E-state index in [0.717, 1.165) is 50.0 Å². The van der Waals surface area contributed by atoms with Crippen molar-refractivity contribution in [3.8, 4) is 33.4 Å². The zero-order valence-corrected chi connectivity index (χ0v) is 28.6. The lowest BCUT2D eigenvalue weighted by atomic mass is 9.82. The molecule has 0 saturated carbocycles. The first-order chi connectivity index (χ1) is 25.1. The Morgan fingerprint density at radius 3 is 1.92 bits per heavy atom. The molecule has 0 spiro atoms. The fourth-order valence-electron chi connectivity index (χ4n) is 8.40. The fraction of sp³-hybridized carbons (Fsp3) is 0.0612. The molecule has 0 aliphatic heterocycles. The highest BCUT2D eigenvalue weighted by atomic mass is 16.3. The summed E-state index contributed by atoms with van der Waals surface area (Å²) in [6, 6.07) is 63.7. The van der Waals surface area contributed by atoms with E-state index in [1.165, 1.54) is 44.3 Å². The van der Waals surface area contributed by atoms with Gasteiger partial charge < -0.3 is 9.32 Å². The number of anilines is 3. The summed E-state index contributed by atoms with van der Waals surface area (Å²) in [4.78, 5) is 2.44. The van der Waals surface area contributed by atoms with E-state index in [1.54, 1.807) is 0 Å². The lowest BCUT2D eigenvalue weighted by Gasteiger charge is -2.30. The van der Waals surface area contributed by atoms with Gasteiger partial charge in [0.05, 0.1) is 5.69 Å². The minimum atomic E-state index is -0.123. The molecule has 51 heavy (non-hydrogen) atoms. The highest BCUT2D eigenvalue weighted by Gasteiger charge is 2.36. The maximum atomic E-state index is 6.54. The summed E-state index contributed by atoms with van der Waals surface area (Å²) in [6.07, 6.45) is 0. The van der Waals surface area contributed by atoms with Gasteiger partial charge >= 0.3 is 0 Å². The van der Waals surface area contributed by atoms with Crippen molar-refractivity contribution in [2.45, 2.75) is 19.3 Å². The maximum Gasteiger partial charge on any atom is 0.136 e. The highest BCUT2D eigenvalue weighted by Crippen LogP contribution is 2.52. The van der Waals surface area contributed by atoms with Crippen molar-refractivity contribution < 1.29 is 4.42 Å². The van der Waals surface area contributed by atoms with Crippen molar-refractivity contribution in [2.75, 3.05) is 4.90 Å². The molecule has 0 bridgehead atoms.